The Bertz CT molecular complexity index is 1150. The van der Waals surface area contributed by atoms with Crippen LogP contribution in [0.3, 0.4) is 0 Å². The number of nitrogens with zero attached hydrogens (tertiary/aromatic N) is 3. The molecule has 0 aliphatic carbocycles. The van der Waals surface area contributed by atoms with E-state index in [0.29, 0.717) is 17.2 Å². The van der Waals surface area contributed by atoms with Crippen molar-refractivity contribution in [3.63, 3.8) is 0 Å². The van der Waals surface area contributed by atoms with Gasteiger partial charge in [0.2, 0.25) is 5.95 Å². The van der Waals surface area contributed by atoms with Crippen LogP contribution in [-0.4, -0.2) is 20.3 Å². The zero-order valence-corrected chi connectivity index (χ0v) is 15.1. The highest BCUT2D eigenvalue weighted by molar-refractivity contribution is 6.07. The quantitative estimate of drug-likeness (QED) is 0.421. The summed E-state index contributed by atoms with van der Waals surface area (Å²) in [5, 5.41) is 4.10. The molecule has 0 spiro atoms. The number of para-hydroxylation sites is 1. The van der Waals surface area contributed by atoms with Gasteiger partial charge in [-0.05, 0) is 44.2 Å². The fourth-order valence-corrected chi connectivity index (χ4v) is 3.07. The molecule has 0 saturated heterocycles. The molecule has 4 aromatic rings. The van der Waals surface area contributed by atoms with Crippen LogP contribution in [0.2, 0.25) is 0 Å². The summed E-state index contributed by atoms with van der Waals surface area (Å²) in [5.41, 5.74) is 9.80. The van der Waals surface area contributed by atoms with Gasteiger partial charge >= 0.3 is 0 Å². The second-order valence-corrected chi connectivity index (χ2v) is 6.43. The number of carbonyl (C=O) groups excluding carboxylic acids is 1. The van der Waals surface area contributed by atoms with Gasteiger partial charge < -0.3 is 15.6 Å². The predicted molar refractivity (Wildman–Crippen MR) is 108 cm³/mol. The van der Waals surface area contributed by atoms with Gasteiger partial charge in [-0.1, -0.05) is 18.2 Å². The topological polar surface area (TPSA) is 85.8 Å². The molecule has 0 atom stereocenters. The highest BCUT2D eigenvalue weighted by Gasteiger charge is 2.15. The van der Waals surface area contributed by atoms with Crippen LogP contribution in [0.1, 0.15) is 22.8 Å². The third kappa shape index (κ3) is 3.13. The summed E-state index contributed by atoms with van der Waals surface area (Å²) in [6.45, 7) is 3.53. The molecule has 3 N–H and O–H groups in total. The van der Waals surface area contributed by atoms with Gasteiger partial charge in [0.15, 0.2) is 5.78 Å². The SMILES string of the molecule is CC(=O)c1cn(-c2nc(Nc3ccc(N)cc3)ncc2C)c2ccccc12. The lowest BCUT2D eigenvalue weighted by Gasteiger charge is -2.11. The summed E-state index contributed by atoms with van der Waals surface area (Å²) in [6, 6.07) is 15.2. The number of nitrogen functional groups attached to an aromatic ring is 1. The maximum absolute atomic E-state index is 12.1. The Labute approximate surface area is 156 Å². The third-order valence-electron chi connectivity index (χ3n) is 4.43. The first-order valence-corrected chi connectivity index (χ1v) is 8.60. The zero-order valence-electron chi connectivity index (χ0n) is 15.1. The van der Waals surface area contributed by atoms with Gasteiger partial charge in [-0.3, -0.25) is 4.79 Å². The molecule has 2 aromatic heterocycles. The highest BCUT2D eigenvalue weighted by atomic mass is 16.1. The summed E-state index contributed by atoms with van der Waals surface area (Å²) in [7, 11) is 0. The van der Waals surface area contributed by atoms with E-state index in [1.165, 1.54) is 0 Å². The van der Waals surface area contributed by atoms with Crippen molar-refractivity contribution < 1.29 is 4.79 Å². The largest absolute Gasteiger partial charge is 0.399 e. The molecule has 0 radical (unpaired) electrons. The third-order valence-corrected chi connectivity index (χ3v) is 4.43. The zero-order chi connectivity index (χ0) is 19.0. The molecule has 0 unspecified atom stereocenters. The molecule has 0 aliphatic rings. The van der Waals surface area contributed by atoms with Crippen molar-refractivity contribution >= 4 is 34.0 Å². The van der Waals surface area contributed by atoms with E-state index < -0.39 is 0 Å². The van der Waals surface area contributed by atoms with Crippen LogP contribution in [0.4, 0.5) is 17.3 Å². The van der Waals surface area contributed by atoms with Crippen molar-refractivity contribution in [1.82, 2.24) is 14.5 Å². The van der Waals surface area contributed by atoms with Crippen LogP contribution in [0, 0.1) is 6.92 Å². The summed E-state index contributed by atoms with van der Waals surface area (Å²) >= 11 is 0. The molecule has 134 valence electrons. The number of aryl methyl sites for hydroxylation is 1. The summed E-state index contributed by atoms with van der Waals surface area (Å²) < 4.78 is 1.94. The number of hydrogen-bond acceptors (Lipinski definition) is 5. The van der Waals surface area contributed by atoms with Crippen molar-refractivity contribution in [1.29, 1.82) is 0 Å². The first-order chi connectivity index (χ1) is 13.0. The molecule has 6 heteroatoms. The minimum absolute atomic E-state index is 0.0249. The summed E-state index contributed by atoms with van der Waals surface area (Å²) in [5.74, 6) is 1.23. The number of rotatable bonds is 4. The predicted octanol–water partition coefficient (Wildman–Crippen LogP) is 4.26. The monoisotopic (exact) mass is 357 g/mol. The molecular weight excluding hydrogens is 338 g/mol. The second kappa shape index (κ2) is 6.57. The van der Waals surface area contributed by atoms with Gasteiger partial charge in [0.05, 0.1) is 5.52 Å². The van der Waals surface area contributed by atoms with Crippen molar-refractivity contribution in [2.24, 2.45) is 0 Å². The summed E-state index contributed by atoms with van der Waals surface area (Å²) in [4.78, 5) is 21.1. The maximum atomic E-state index is 12.1. The molecule has 0 bridgehead atoms. The van der Waals surface area contributed by atoms with E-state index in [4.69, 9.17) is 5.73 Å². The van der Waals surface area contributed by atoms with Crippen LogP contribution in [-0.2, 0) is 0 Å². The molecule has 0 amide bonds. The first-order valence-electron chi connectivity index (χ1n) is 8.60. The Balaban J connectivity index is 1.81. The van der Waals surface area contributed by atoms with Gasteiger partial charge in [-0.25, -0.2) is 4.98 Å². The number of carbonyl (C=O) groups is 1. The molecule has 0 saturated carbocycles. The normalized spacial score (nSPS) is 10.9. The molecule has 2 heterocycles. The van der Waals surface area contributed by atoms with Crippen molar-refractivity contribution in [2.75, 3.05) is 11.1 Å². The van der Waals surface area contributed by atoms with Gasteiger partial charge in [0, 0.05) is 40.3 Å². The number of anilines is 3. The molecular formula is C21H19N5O. The standard InChI is InChI=1S/C21H19N5O/c1-13-11-23-21(24-16-9-7-15(22)8-10-16)25-20(13)26-12-18(14(2)27)17-5-3-4-6-19(17)26/h3-12H,22H2,1-2H3,(H,23,24,25). The highest BCUT2D eigenvalue weighted by Crippen LogP contribution is 2.26. The number of nitrogens with one attached hydrogen (secondary N) is 1. The maximum Gasteiger partial charge on any atom is 0.229 e. The van der Waals surface area contributed by atoms with E-state index in [1.807, 2.05) is 66.2 Å². The van der Waals surface area contributed by atoms with Gasteiger partial charge in [0.25, 0.3) is 0 Å². The number of ketones is 1. The molecule has 2 aromatic carbocycles. The van der Waals surface area contributed by atoms with E-state index in [-0.39, 0.29) is 5.78 Å². The number of nitrogens with two attached hydrogens (primary N) is 1. The summed E-state index contributed by atoms with van der Waals surface area (Å²) in [6.07, 6.45) is 3.61. The lowest BCUT2D eigenvalue weighted by atomic mass is 10.1. The van der Waals surface area contributed by atoms with E-state index >= 15 is 0 Å². The van der Waals surface area contributed by atoms with Crippen LogP contribution >= 0.6 is 0 Å². The van der Waals surface area contributed by atoms with Crippen LogP contribution in [0.15, 0.2) is 60.9 Å². The molecule has 0 aliphatic heterocycles. The Morgan fingerprint density at radius 2 is 1.85 bits per heavy atom. The fraction of sp³-hybridized carbons (Fsp3) is 0.0952. The number of Topliss-reactive ketones (excluding diaryl/α,β-unsaturated/α-hetero) is 1. The smallest absolute Gasteiger partial charge is 0.229 e. The van der Waals surface area contributed by atoms with E-state index in [9.17, 15) is 4.79 Å². The number of hydrogen-bond donors (Lipinski definition) is 2. The van der Waals surface area contributed by atoms with Crippen LogP contribution in [0.25, 0.3) is 16.7 Å². The van der Waals surface area contributed by atoms with Crippen LogP contribution < -0.4 is 11.1 Å². The second-order valence-electron chi connectivity index (χ2n) is 6.43. The van der Waals surface area contributed by atoms with Gasteiger partial charge in [-0.2, -0.15) is 4.98 Å². The van der Waals surface area contributed by atoms with Gasteiger partial charge in [-0.15, -0.1) is 0 Å². The minimum Gasteiger partial charge on any atom is -0.399 e. The first kappa shape index (κ1) is 16.8. The van der Waals surface area contributed by atoms with Crippen molar-refractivity contribution in [2.45, 2.75) is 13.8 Å². The number of aromatic nitrogens is 3. The lowest BCUT2D eigenvalue weighted by molar-refractivity contribution is 0.101. The average molecular weight is 357 g/mol. The van der Waals surface area contributed by atoms with Crippen LogP contribution in [0.5, 0.6) is 0 Å². The molecule has 27 heavy (non-hydrogen) atoms. The fourth-order valence-electron chi connectivity index (χ4n) is 3.07. The Hall–Kier alpha value is -3.67. The number of benzene rings is 2. The molecule has 4 rings (SSSR count). The lowest BCUT2D eigenvalue weighted by Crippen LogP contribution is -2.05. The minimum atomic E-state index is 0.0249. The number of fused-ring (bicyclic) bond motifs is 1. The van der Waals surface area contributed by atoms with Gasteiger partial charge in [0.1, 0.15) is 5.82 Å². The van der Waals surface area contributed by atoms with E-state index in [1.54, 1.807) is 13.1 Å². The Morgan fingerprint density at radius 1 is 1.11 bits per heavy atom. The van der Waals surface area contributed by atoms with E-state index in [0.717, 1.165) is 28.0 Å². The molecule has 0 fully saturated rings. The Kier molecular flexibility index (Phi) is 4.08. The Morgan fingerprint density at radius 3 is 2.59 bits per heavy atom. The molecule has 6 nitrogen and oxygen atoms in total. The average Bonchev–Trinajstić information content (AvgIpc) is 3.05. The van der Waals surface area contributed by atoms with Crippen molar-refractivity contribution in [3.8, 4) is 5.82 Å². The van der Waals surface area contributed by atoms with Crippen molar-refractivity contribution in [3.05, 3.63) is 72.1 Å². The van der Waals surface area contributed by atoms with E-state index in [2.05, 4.69) is 15.3 Å².